The molecule has 1 aromatic carbocycles. The van der Waals surface area contributed by atoms with Crippen LogP contribution in [0, 0.1) is 0 Å². The lowest BCUT2D eigenvalue weighted by Crippen LogP contribution is -2.39. The fourth-order valence-electron chi connectivity index (χ4n) is 2.63. The van der Waals surface area contributed by atoms with E-state index in [0.29, 0.717) is 13.0 Å². The van der Waals surface area contributed by atoms with Gasteiger partial charge in [-0.3, -0.25) is 9.59 Å². The lowest BCUT2D eigenvalue weighted by atomic mass is 10.0. The monoisotopic (exact) mass is 307 g/mol. The van der Waals surface area contributed by atoms with Crippen LogP contribution in [0.2, 0.25) is 0 Å². The highest BCUT2D eigenvalue weighted by Gasteiger charge is 2.40. The molecule has 22 heavy (non-hydrogen) atoms. The summed E-state index contributed by atoms with van der Waals surface area (Å²) < 4.78 is 15.7. The summed E-state index contributed by atoms with van der Waals surface area (Å²) in [4.78, 5) is 22.5. The molecule has 1 aliphatic rings. The Labute approximate surface area is 129 Å². The van der Waals surface area contributed by atoms with Crippen molar-refractivity contribution in [2.45, 2.75) is 38.5 Å². The first kappa shape index (κ1) is 16.3. The Morgan fingerprint density at radius 3 is 2.32 bits per heavy atom. The van der Waals surface area contributed by atoms with Crippen LogP contribution in [0.15, 0.2) is 24.3 Å². The molecule has 0 bridgehead atoms. The minimum Gasteiger partial charge on any atom is -0.497 e. The smallest absolute Gasteiger partial charge is 0.303 e. The van der Waals surface area contributed by atoms with Crippen LogP contribution in [-0.2, 0) is 25.5 Å². The zero-order valence-corrected chi connectivity index (χ0v) is 13.0. The number of hydrogen-bond acceptors (Lipinski definition) is 6. The van der Waals surface area contributed by atoms with Gasteiger partial charge in [0.2, 0.25) is 0 Å². The zero-order valence-electron chi connectivity index (χ0n) is 13.0. The van der Waals surface area contributed by atoms with Crippen LogP contribution >= 0.6 is 0 Å². The molecular weight excluding hydrogens is 286 g/mol. The third-order valence-electron chi connectivity index (χ3n) is 3.58. The molecule has 0 aliphatic carbocycles. The summed E-state index contributed by atoms with van der Waals surface area (Å²) in [6.45, 7) is 3.17. The van der Waals surface area contributed by atoms with Gasteiger partial charge in [0.15, 0.2) is 12.2 Å². The average molecular weight is 307 g/mol. The predicted molar refractivity (Wildman–Crippen MR) is 79.6 cm³/mol. The number of nitrogens with one attached hydrogen (secondary N) is 1. The van der Waals surface area contributed by atoms with Gasteiger partial charge in [-0.05, 0) is 24.1 Å². The van der Waals surface area contributed by atoms with Gasteiger partial charge in [0.1, 0.15) is 5.75 Å². The molecule has 3 atom stereocenters. The molecule has 0 aromatic heterocycles. The van der Waals surface area contributed by atoms with Gasteiger partial charge < -0.3 is 19.5 Å². The van der Waals surface area contributed by atoms with E-state index < -0.39 is 12.2 Å². The summed E-state index contributed by atoms with van der Waals surface area (Å²) >= 11 is 0. The Balaban J connectivity index is 2.06. The number of esters is 2. The Morgan fingerprint density at radius 2 is 1.77 bits per heavy atom. The van der Waals surface area contributed by atoms with E-state index in [0.717, 1.165) is 11.3 Å². The molecule has 0 unspecified atom stereocenters. The lowest BCUT2D eigenvalue weighted by molar-refractivity contribution is -0.162. The molecule has 1 aromatic rings. The fraction of sp³-hybridized carbons (Fsp3) is 0.500. The van der Waals surface area contributed by atoms with Crippen molar-refractivity contribution in [3.05, 3.63) is 29.8 Å². The van der Waals surface area contributed by atoms with E-state index in [2.05, 4.69) is 5.32 Å². The third-order valence-corrected chi connectivity index (χ3v) is 3.58. The number of methoxy groups -OCH3 is 1. The summed E-state index contributed by atoms with van der Waals surface area (Å²) in [6.07, 6.45) is -0.271. The number of rotatable bonds is 5. The Hall–Kier alpha value is -2.08. The van der Waals surface area contributed by atoms with E-state index in [1.807, 2.05) is 24.3 Å². The van der Waals surface area contributed by atoms with Crippen LogP contribution < -0.4 is 10.1 Å². The summed E-state index contributed by atoms with van der Waals surface area (Å²) in [7, 11) is 1.62. The lowest BCUT2D eigenvalue weighted by Gasteiger charge is -2.23. The minimum atomic E-state index is -0.483. The number of carbonyl (C=O) groups is 2. The Kier molecular flexibility index (Phi) is 5.38. The topological polar surface area (TPSA) is 73.9 Å². The molecule has 6 nitrogen and oxygen atoms in total. The highest BCUT2D eigenvalue weighted by atomic mass is 16.6. The van der Waals surface area contributed by atoms with E-state index in [1.54, 1.807) is 7.11 Å². The van der Waals surface area contributed by atoms with Gasteiger partial charge in [-0.25, -0.2) is 0 Å². The summed E-state index contributed by atoms with van der Waals surface area (Å²) in [5.41, 5.74) is 1.08. The second kappa shape index (κ2) is 7.26. The van der Waals surface area contributed by atoms with Gasteiger partial charge in [0, 0.05) is 20.4 Å². The van der Waals surface area contributed by atoms with E-state index >= 15 is 0 Å². The van der Waals surface area contributed by atoms with Crippen molar-refractivity contribution in [1.29, 1.82) is 0 Å². The van der Waals surface area contributed by atoms with E-state index in [9.17, 15) is 9.59 Å². The van der Waals surface area contributed by atoms with Gasteiger partial charge in [0.05, 0.1) is 13.2 Å². The summed E-state index contributed by atoms with van der Waals surface area (Å²) in [6, 6.07) is 7.60. The predicted octanol–water partition coefficient (Wildman–Crippen LogP) is 1.07. The molecule has 0 radical (unpaired) electrons. The van der Waals surface area contributed by atoms with Gasteiger partial charge in [-0.1, -0.05) is 12.1 Å². The van der Waals surface area contributed by atoms with E-state index in [1.165, 1.54) is 13.8 Å². The molecule has 0 amide bonds. The SMILES string of the molecule is COc1ccc(C[C@H]2NC[C@H](OC(C)=O)[C@H]2OC(C)=O)cc1. The van der Waals surface area contributed by atoms with Crippen LogP contribution in [0.25, 0.3) is 0 Å². The van der Waals surface area contributed by atoms with Gasteiger partial charge >= 0.3 is 11.9 Å². The molecular formula is C16H21NO5. The van der Waals surface area contributed by atoms with Crippen LogP contribution in [0.4, 0.5) is 0 Å². The largest absolute Gasteiger partial charge is 0.497 e. The average Bonchev–Trinajstić information content (AvgIpc) is 2.81. The number of hydrogen-bond donors (Lipinski definition) is 1. The van der Waals surface area contributed by atoms with Crippen LogP contribution in [0.1, 0.15) is 19.4 Å². The molecule has 1 saturated heterocycles. The number of benzene rings is 1. The highest BCUT2D eigenvalue weighted by molar-refractivity contribution is 5.67. The second-order valence-corrected chi connectivity index (χ2v) is 5.29. The maximum atomic E-state index is 11.3. The molecule has 6 heteroatoms. The molecule has 2 rings (SSSR count). The quantitative estimate of drug-likeness (QED) is 0.820. The van der Waals surface area contributed by atoms with Crippen molar-refractivity contribution in [3.63, 3.8) is 0 Å². The maximum Gasteiger partial charge on any atom is 0.303 e. The Morgan fingerprint density at radius 1 is 1.14 bits per heavy atom. The van der Waals surface area contributed by atoms with Gasteiger partial charge in [-0.2, -0.15) is 0 Å². The molecule has 1 aliphatic heterocycles. The van der Waals surface area contributed by atoms with Crippen LogP contribution in [0.5, 0.6) is 5.75 Å². The second-order valence-electron chi connectivity index (χ2n) is 5.29. The fourth-order valence-corrected chi connectivity index (χ4v) is 2.63. The first-order chi connectivity index (χ1) is 10.5. The maximum absolute atomic E-state index is 11.3. The van der Waals surface area contributed by atoms with Crippen molar-refractivity contribution in [1.82, 2.24) is 5.32 Å². The first-order valence-electron chi connectivity index (χ1n) is 7.20. The molecule has 1 fully saturated rings. The summed E-state index contributed by atoms with van der Waals surface area (Å²) in [5.74, 6) is 0.0251. The Bertz CT molecular complexity index is 528. The van der Waals surface area contributed by atoms with Crippen molar-refractivity contribution < 1.29 is 23.8 Å². The van der Waals surface area contributed by atoms with E-state index in [4.69, 9.17) is 14.2 Å². The van der Waals surface area contributed by atoms with Crippen LogP contribution in [-0.4, -0.2) is 43.8 Å². The van der Waals surface area contributed by atoms with Crippen molar-refractivity contribution in [3.8, 4) is 5.75 Å². The van der Waals surface area contributed by atoms with Crippen molar-refractivity contribution in [2.75, 3.05) is 13.7 Å². The molecule has 1 heterocycles. The first-order valence-corrected chi connectivity index (χ1v) is 7.20. The zero-order chi connectivity index (χ0) is 16.1. The summed E-state index contributed by atoms with van der Waals surface area (Å²) in [5, 5.41) is 3.26. The van der Waals surface area contributed by atoms with Gasteiger partial charge in [0.25, 0.3) is 0 Å². The normalized spacial score (nSPS) is 23.9. The van der Waals surface area contributed by atoms with Gasteiger partial charge in [-0.15, -0.1) is 0 Å². The standard InChI is InChI=1S/C16H21NO5/c1-10(18)21-15-9-17-14(16(15)22-11(2)19)8-12-4-6-13(20-3)7-5-12/h4-7,14-17H,8-9H2,1-3H3/t14-,15+,16+/m1/s1. The number of carbonyl (C=O) groups excluding carboxylic acids is 2. The number of ether oxygens (including phenoxy) is 3. The molecule has 1 N–H and O–H groups in total. The van der Waals surface area contributed by atoms with Crippen molar-refractivity contribution >= 4 is 11.9 Å². The molecule has 0 spiro atoms. The molecule has 0 saturated carbocycles. The van der Waals surface area contributed by atoms with Crippen LogP contribution in [0.3, 0.4) is 0 Å². The van der Waals surface area contributed by atoms with E-state index in [-0.39, 0.29) is 18.0 Å². The minimum absolute atomic E-state index is 0.0957. The molecule has 120 valence electrons. The highest BCUT2D eigenvalue weighted by Crippen LogP contribution is 2.21. The third kappa shape index (κ3) is 4.21. The van der Waals surface area contributed by atoms with Crippen molar-refractivity contribution in [2.24, 2.45) is 0 Å².